The van der Waals surface area contributed by atoms with E-state index in [9.17, 15) is 10.2 Å². The molecule has 98 valence electrons. The summed E-state index contributed by atoms with van der Waals surface area (Å²) in [5, 5.41) is 19.1. The van der Waals surface area contributed by atoms with E-state index in [4.69, 9.17) is 9.31 Å². The first-order chi connectivity index (χ1) is 9.06. The molecule has 2 N–H and O–H groups in total. The van der Waals surface area contributed by atoms with Gasteiger partial charge in [-0.15, -0.1) is 0 Å². The van der Waals surface area contributed by atoms with Crippen LogP contribution in [0, 0.1) is 13.8 Å². The highest BCUT2D eigenvalue weighted by Crippen LogP contribution is 2.24. The maximum absolute atomic E-state index is 9.53. The normalized spacial score (nSPS) is 10.0. The summed E-state index contributed by atoms with van der Waals surface area (Å²) in [6.07, 6.45) is 0. The third-order valence-electron chi connectivity index (χ3n) is 2.81. The fourth-order valence-corrected chi connectivity index (χ4v) is 1.52. The summed E-state index contributed by atoms with van der Waals surface area (Å²) in [7, 11) is 0.00496. The summed E-state index contributed by atoms with van der Waals surface area (Å²) in [6, 6.07) is 10.1. The van der Waals surface area contributed by atoms with Crippen LogP contribution in [0.1, 0.15) is 11.1 Å². The molecule has 19 heavy (non-hydrogen) atoms. The maximum Gasteiger partial charge on any atom is 0.576 e. The van der Waals surface area contributed by atoms with Crippen molar-refractivity contribution in [2.45, 2.75) is 13.8 Å². The molecule has 5 heteroatoms. The SMILES string of the molecule is Cc1ccc(OBOc2ccc(C)c(O)c2)cc1O. The molecule has 0 spiro atoms. The van der Waals surface area contributed by atoms with E-state index in [0.717, 1.165) is 11.1 Å². The highest BCUT2D eigenvalue weighted by Gasteiger charge is 2.04. The molecule has 0 saturated heterocycles. The summed E-state index contributed by atoms with van der Waals surface area (Å²) in [4.78, 5) is 0. The highest BCUT2D eigenvalue weighted by molar-refractivity contribution is 6.20. The van der Waals surface area contributed by atoms with Gasteiger partial charge in [0.05, 0.1) is 0 Å². The molecule has 0 bridgehead atoms. The molecule has 0 unspecified atom stereocenters. The topological polar surface area (TPSA) is 58.9 Å². The first-order valence-electron chi connectivity index (χ1n) is 5.91. The van der Waals surface area contributed by atoms with Gasteiger partial charge in [0.1, 0.15) is 23.0 Å². The van der Waals surface area contributed by atoms with Gasteiger partial charge in [0.2, 0.25) is 0 Å². The molecular weight excluding hydrogens is 243 g/mol. The minimum atomic E-state index is 0.00496. The predicted molar refractivity (Wildman–Crippen MR) is 74.1 cm³/mol. The summed E-state index contributed by atoms with van der Waals surface area (Å²) in [5.74, 6) is 1.43. The van der Waals surface area contributed by atoms with E-state index in [1.807, 2.05) is 13.8 Å². The molecular formula is C14H15BO4. The van der Waals surface area contributed by atoms with E-state index in [1.165, 1.54) is 12.1 Å². The van der Waals surface area contributed by atoms with Gasteiger partial charge in [0.15, 0.2) is 0 Å². The molecule has 0 atom stereocenters. The Bertz CT molecular complexity index is 532. The van der Waals surface area contributed by atoms with Crippen LogP contribution < -0.4 is 9.31 Å². The summed E-state index contributed by atoms with van der Waals surface area (Å²) in [6.45, 7) is 3.62. The Balaban J connectivity index is 1.92. The lowest BCUT2D eigenvalue weighted by molar-refractivity contribution is 0.440. The van der Waals surface area contributed by atoms with Gasteiger partial charge in [-0.2, -0.15) is 0 Å². The van der Waals surface area contributed by atoms with Gasteiger partial charge in [-0.1, -0.05) is 12.1 Å². The second-order valence-corrected chi connectivity index (χ2v) is 4.30. The van der Waals surface area contributed by atoms with Gasteiger partial charge in [-0.3, -0.25) is 0 Å². The molecule has 0 amide bonds. The molecule has 0 aliphatic carbocycles. The van der Waals surface area contributed by atoms with Crippen molar-refractivity contribution >= 4 is 7.69 Å². The number of rotatable bonds is 4. The van der Waals surface area contributed by atoms with Crippen LogP contribution in [-0.2, 0) is 0 Å². The highest BCUT2D eigenvalue weighted by atomic mass is 16.6. The average Bonchev–Trinajstić information content (AvgIpc) is 2.38. The van der Waals surface area contributed by atoms with Crippen molar-refractivity contribution < 1.29 is 19.5 Å². The molecule has 0 aromatic heterocycles. The smallest absolute Gasteiger partial charge is 0.528 e. The average molecular weight is 258 g/mol. The molecule has 0 aliphatic heterocycles. The fourth-order valence-electron chi connectivity index (χ4n) is 1.52. The minimum Gasteiger partial charge on any atom is -0.528 e. The number of benzene rings is 2. The van der Waals surface area contributed by atoms with Crippen LogP contribution in [0.5, 0.6) is 23.0 Å². The minimum absolute atomic E-state index is 0.00496. The first kappa shape index (κ1) is 13.1. The summed E-state index contributed by atoms with van der Waals surface area (Å²) >= 11 is 0. The predicted octanol–water partition coefficient (Wildman–Crippen LogP) is 2.44. The second kappa shape index (κ2) is 5.56. The van der Waals surface area contributed by atoms with E-state index >= 15 is 0 Å². The van der Waals surface area contributed by atoms with Crippen molar-refractivity contribution in [3.05, 3.63) is 47.5 Å². The lowest BCUT2D eigenvalue weighted by atomic mass is 10.2. The lowest BCUT2D eigenvalue weighted by Crippen LogP contribution is -2.10. The van der Waals surface area contributed by atoms with Crippen molar-refractivity contribution in [2.75, 3.05) is 0 Å². The fraction of sp³-hybridized carbons (Fsp3) is 0.143. The number of aryl methyl sites for hydroxylation is 2. The number of hydrogen-bond acceptors (Lipinski definition) is 4. The first-order valence-corrected chi connectivity index (χ1v) is 5.91. The van der Waals surface area contributed by atoms with Crippen molar-refractivity contribution in [1.29, 1.82) is 0 Å². The van der Waals surface area contributed by atoms with E-state index in [-0.39, 0.29) is 19.2 Å². The maximum atomic E-state index is 9.53. The van der Waals surface area contributed by atoms with Crippen molar-refractivity contribution in [2.24, 2.45) is 0 Å². The number of hydrogen-bond donors (Lipinski definition) is 2. The van der Waals surface area contributed by atoms with Crippen LogP contribution in [-0.4, -0.2) is 17.9 Å². The molecule has 2 rings (SSSR count). The molecule has 2 aromatic rings. The molecule has 2 aromatic carbocycles. The van der Waals surface area contributed by atoms with Crippen molar-refractivity contribution in [3.63, 3.8) is 0 Å². The summed E-state index contributed by atoms with van der Waals surface area (Å²) in [5.41, 5.74) is 1.58. The van der Waals surface area contributed by atoms with Gasteiger partial charge in [0, 0.05) is 12.1 Å². The number of aromatic hydroxyl groups is 2. The largest absolute Gasteiger partial charge is 0.576 e. The zero-order valence-electron chi connectivity index (χ0n) is 10.9. The summed E-state index contributed by atoms with van der Waals surface area (Å²) < 4.78 is 10.7. The Morgan fingerprint density at radius 1 is 0.789 bits per heavy atom. The van der Waals surface area contributed by atoms with Crippen LogP contribution in [0.15, 0.2) is 36.4 Å². The molecule has 0 radical (unpaired) electrons. The van der Waals surface area contributed by atoms with Crippen LogP contribution in [0.3, 0.4) is 0 Å². The number of phenolic OH excluding ortho intramolecular Hbond substituents is 2. The zero-order valence-corrected chi connectivity index (χ0v) is 10.9. The third kappa shape index (κ3) is 3.34. The molecule has 0 aliphatic rings. The Kier molecular flexibility index (Phi) is 3.85. The van der Waals surface area contributed by atoms with Crippen molar-refractivity contribution in [3.8, 4) is 23.0 Å². The van der Waals surface area contributed by atoms with E-state index < -0.39 is 0 Å². The van der Waals surface area contributed by atoms with Gasteiger partial charge in [-0.25, -0.2) is 0 Å². The van der Waals surface area contributed by atoms with Crippen LogP contribution in [0.25, 0.3) is 0 Å². The van der Waals surface area contributed by atoms with Gasteiger partial charge < -0.3 is 19.5 Å². The monoisotopic (exact) mass is 258 g/mol. The van der Waals surface area contributed by atoms with Gasteiger partial charge >= 0.3 is 7.69 Å². The van der Waals surface area contributed by atoms with Crippen LogP contribution in [0.4, 0.5) is 0 Å². The van der Waals surface area contributed by atoms with Gasteiger partial charge in [-0.05, 0) is 37.1 Å². The van der Waals surface area contributed by atoms with E-state index in [0.29, 0.717) is 11.5 Å². The number of phenols is 2. The van der Waals surface area contributed by atoms with E-state index in [1.54, 1.807) is 24.3 Å². The second-order valence-electron chi connectivity index (χ2n) is 4.30. The van der Waals surface area contributed by atoms with Crippen LogP contribution in [0.2, 0.25) is 0 Å². The van der Waals surface area contributed by atoms with E-state index in [2.05, 4.69) is 0 Å². The van der Waals surface area contributed by atoms with Crippen molar-refractivity contribution in [1.82, 2.24) is 0 Å². The Morgan fingerprint density at radius 2 is 1.21 bits per heavy atom. The zero-order chi connectivity index (χ0) is 13.8. The standard InChI is InChI=1S/C14H15BO4/c1-9-3-5-11(7-13(9)16)18-15-19-12-6-4-10(2)14(17)8-12/h3-8,15-17H,1-2H3. The quantitative estimate of drug-likeness (QED) is 0.827. The molecule has 0 heterocycles. The lowest BCUT2D eigenvalue weighted by Gasteiger charge is -2.09. The van der Waals surface area contributed by atoms with Gasteiger partial charge in [0.25, 0.3) is 0 Å². The molecule has 4 nitrogen and oxygen atoms in total. The molecule has 0 fully saturated rings. The molecule has 0 saturated carbocycles. The van der Waals surface area contributed by atoms with Crippen LogP contribution >= 0.6 is 0 Å². The Hall–Kier alpha value is -2.30. The Morgan fingerprint density at radius 3 is 1.58 bits per heavy atom. The third-order valence-corrected chi connectivity index (χ3v) is 2.81. The Labute approximate surface area is 112 Å².